The quantitative estimate of drug-likeness (QED) is 0.615. The van der Waals surface area contributed by atoms with E-state index in [9.17, 15) is 4.39 Å². The van der Waals surface area contributed by atoms with Crippen LogP contribution in [0, 0.1) is 5.82 Å². The van der Waals surface area contributed by atoms with Gasteiger partial charge in [0, 0.05) is 22.6 Å². The van der Waals surface area contributed by atoms with Crippen molar-refractivity contribution in [2.24, 2.45) is 0 Å². The monoisotopic (exact) mass is 415 g/mol. The molecule has 112 valence electrons. The van der Waals surface area contributed by atoms with Gasteiger partial charge in [-0.05, 0) is 59.2 Å². The molecule has 0 aliphatic heterocycles. The van der Waals surface area contributed by atoms with E-state index in [1.54, 1.807) is 6.07 Å². The maximum Gasteiger partial charge on any atom is 0.144 e. The molecule has 21 heavy (non-hydrogen) atoms. The predicted molar refractivity (Wildman–Crippen MR) is 90.3 cm³/mol. The van der Waals surface area contributed by atoms with Crippen LogP contribution >= 0.6 is 31.9 Å². The van der Waals surface area contributed by atoms with Crippen molar-refractivity contribution in [2.45, 2.75) is 19.9 Å². The first-order valence-corrected chi connectivity index (χ1v) is 8.31. The number of ether oxygens (including phenoxy) is 1. The maximum atomic E-state index is 13.3. The Kier molecular flexibility index (Phi) is 6.21. The van der Waals surface area contributed by atoms with Crippen LogP contribution in [-0.2, 0) is 6.54 Å². The van der Waals surface area contributed by atoms with E-state index in [0.29, 0.717) is 18.0 Å². The van der Waals surface area contributed by atoms with Crippen LogP contribution in [0.25, 0.3) is 0 Å². The van der Waals surface area contributed by atoms with E-state index in [1.807, 2.05) is 18.2 Å². The zero-order chi connectivity index (χ0) is 15.2. The summed E-state index contributed by atoms with van der Waals surface area (Å²) in [5.74, 6) is 0.859. The standard InChI is InChI=1S/C16H16Br2FNO/c1-2-7-20-10-11-8-12(17)3-6-15(11)21-16-9-13(19)4-5-14(16)18/h3-6,8-9,20H,2,7,10H2,1H3. The van der Waals surface area contributed by atoms with Crippen LogP contribution in [0.1, 0.15) is 18.9 Å². The summed E-state index contributed by atoms with van der Waals surface area (Å²) in [6.45, 7) is 3.76. The SMILES string of the molecule is CCCNCc1cc(Br)ccc1Oc1cc(F)ccc1Br. The Morgan fingerprint density at radius 1 is 1.10 bits per heavy atom. The molecule has 0 saturated carbocycles. The zero-order valence-corrected chi connectivity index (χ0v) is 14.8. The van der Waals surface area contributed by atoms with Crippen molar-refractivity contribution >= 4 is 31.9 Å². The molecule has 0 saturated heterocycles. The Bertz CT molecular complexity index is 619. The summed E-state index contributed by atoms with van der Waals surface area (Å²) < 4.78 is 20.9. The van der Waals surface area contributed by atoms with Gasteiger partial charge in [-0.1, -0.05) is 22.9 Å². The summed E-state index contributed by atoms with van der Waals surface area (Å²) >= 11 is 6.84. The van der Waals surface area contributed by atoms with E-state index in [4.69, 9.17) is 4.74 Å². The average Bonchev–Trinajstić information content (AvgIpc) is 2.46. The third kappa shape index (κ3) is 4.80. The predicted octanol–water partition coefficient (Wildman–Crippen LogP) is 5.64. The minimum absolute atomic E-state index is 0.323. The second kappa shape index (κ2) is 7.92. The number of hydrogen-bond acceptors (Lipinski definition) is 2. The van der Waals surface area contributed by atoms with Gasteiger partial charge in [-0.2, -0.15) is 0 Å². The van der Waals surface area contributed by atoms with Crippen molar-refractivity contribution < 1.29 is 9.13 Å². The van der Waals surface area contributed by atoms with Gasteiger partial charge in [0.2, 0.25) is 0 Å². The number of rotatable bonds is 6. The highest BCUT2D eigenvalue weighted by atomic mass is 79.9. The summed E-state index contributed by atoms with van der Waals surface area (Å²) in [6.07, 6.45) is 1.07. The first-order valence-electron chi connectivity index (χ1n) is 6.72. The van der Waals surface area contributed by atoms with Crippen LogP contribution in [0.5, 0.6) is 11.5 Å². The average molecular weight is 417 g/mol. The van der Waals surface area contributed by atoms with Crippen LogP contribution in [0.15, 0.2) is 45.3 Å². The van der Waals surface area contributed by atoms with Crippen molar-refractivity contribution in [3.8, 4) is 11.5 Å². The molecule has 0 aliphatic rings. The molecule has 1 N–H and O–H groups in total. The molecule has 2 aromatic rings. The second-order valence-electron chi connectivity index (χ2n) is 4.61. The molecule has 2 aromatic carbocycles. The molecular weight excluding hydrogens is 401 g/mol. The lowest BCUT2D eigenvalue weighted by Crippen LogP contribution is -2.14. The lowest BCUT2D eigenvalue weighted by molar-refractivity contribution is 0.464. The van der Waals surface area contributed by atoms with Crippen LogP contribution in [-0.4, -0.2) is 6.54 Å². The second-order valence-corrected chi connectivity index (χ2v) is 6.38. The largest absolute Gasteiger partial charge is 0.456 e. The zero-order valence-electron chi connectivity index (χ0n) is 11.6. The molecule has 0 atom stereocenters. The van der Waals surface area contributed by atoms with Crippen LogP contribution in [0.4, 0.5) is 4.39 Å². The molecule has 0 heterocycles. The van der Waals surface area contributed by atoms with Crippen molar-refractivity contribution in [1.29, 1.82) is 0 Å². The minimum Gasteiger partial charge on any atom is -0.456 e. The van der Waals surface area contributed by atoms with Crippen molar-refractivity contribution in [1.82, 2.24) is 5.32 Å². The van der Waals surface area contributed by atoms with Gasteiger partial charge in [0.15, 0.2) is 0 Å². The van der Waals surface area contributed by atoms with Gasteiger partial charge in [-0.15, -0.1) is 0 Å². The smallest absolute Gasteiger partial charge is 0.144 e. The molecule has 0 aliphatic carbocycles. The van der Waals surface area contributed by atoms with Gasteiger partial charge in [0.05, 0.1) is 4.47 Å². The first kappa shape index (κ1) is 16.5. The van der Waals surface area contributed by atoms with Gasteiger partial charge in [0.25, 0.3) is 0 Å². The van der Waals surface area contributed by atoms with Crippen LogP contribution in [0.2, 0.25) is 0 Å². The van der Waals surface area contributed by atoms with Crippen molar-refractivity contribution in [3.05, 3.63) is 56.7 Å². The van der Waals surface area contributed by atoms with E-state index in [1.165, 1.54) is 12.1 Å². The number of hydrogen-bond donors (Lipinski definition) is 1. The highest BCUT2D eigenvalue weighted by Crippen LogP contribution is 2.33. The first-order chi connectivity index (χ1) is 10.1. The molecule has 0 aromatic heterocycles. The Balaban J connectivity index is 2.24. The molecule has 0 fully saturated rings. The number of nitrogens with one attached hydrogen (secondary N) is 1. The minimum atomic E-state index is -0.323. The van der Waals surface area contributed by atoms with Gasteiger partial charge < -0.3 is 10.1 Å². The van der Waals surface area contributed by atoms with E-state index < -0.39 is 0 Å². The number of benzene rings is 2. The Labute approximate surface area is 141 Å². The molecule has 2 rings (SSSR count). The summed E-state index contributed by atoms with van der Waals surface area (Å²) in [6, 6.07) is 10.2. The van der Waals surface area contributed by atoms with E-state index in [-0.39, 0.29) is 5.82 Å². The third-order valence-electron chi connectivity index (χ3n) is 2.88. The van der Waals surface area contributed by atoms with Gasteiger partial charge >= 0.3 is 0 Å². The lowest BCUT2D eigenvalue weighted by atomic mass is 10.2. The van der Waals surface area contributed by atoms with Gasteiger partial charge in [-0.3, -0.25) is 0 Å². The van der Waals surface area contributed by atoms with E-state index in [2.05, 4.69) is 44.1 Å². The fourth-order valence-corrected chi connectivity index (χ4v) is 2.60. The summed E-state index contributed by atoms with van der Waals surface area (Å²) in [4.78, 5) is 0. The highest BCUT2D eigenvalue weighted by Gasteiger charge is 2.09. The van der Waals surface area contributed by atoms with Crippen LogP contribution < -0.4 is 10.1 Å². The van der Waals surface area contributed by atoms with Crippen LogP contribution in [0.3, 0.4) is 0 Å². The fraction of sp³-hybridized carbons (Fsp3) is 0.250. The van der Waals surface area contributed by atoms with Crippen molar-refractivity contribution in [2.75, 3.05) is 6.54 Å². The molecule has 0 spiro atoms. The maximum absolute atomic E-state index is 13.3. The molecule has 0 unspecified atom stereocenters. The summed E-state index contributed by atoms with van der Waals surface area (Å²) in [5, 5.41) is 3.34. The lowest BCUT2D eigenvalue weighted by Gasteiger charge is -2.13. The fourth-order valence-electron chi connectivity index (χ4n) is 1.86. The third-order valence-corrected chi connectivity index (χ3v) is 4.03. The Morgan fingerprint density at radius 2 is 1.90 bits per heavy atom. The topological polar surface area (TPSA) is 21.3 Å². The molecule has 2 nitrogen and oxygen atoms in total. The van der Waals surface area contributed by atoms with E-state index >= 15 is 0 Å². The van der Waals surface area contributed by atoms with Gasteiger partial charge in [0.1, 0.15) is 17.3 Å². The number of halogens is 3. The Morgan fingerprint density at radius 3 is 2.67 bits per heavy atom. The molecule has 0 radical (unpaired) electrons. The highest BCUT2D eigenvalue weighted by molar-refractivity contribution is 9.10. The normalized spacial score (nSPS) is 10.7. The Hall–Kier alpha value is -0.910. The van der Waals surface area contributed by atoms with E-state index in [0.717, 1.165) is 27.5 Å². The van der Waals surface area contributed by atoms with Crippen molar-refractivity contribution in [3.63, 3.8) is 0 Å². The molecular formula is C16H16Br2FNO. The molecule has 0 bridgehead atoms. The van der Waals surface area contributed by atoms with Gasteiger partial charge in [-0.25, -0.2) is 4.39 Å². The summed E-state index contributed by atoms with van der Waals surface area (Å²) in [7, 11) is 0. The molecule has 5 heteroatoms. The molecule has 0 amide bonds. The summed E-state index contributed by atoms with van der Waals surface area (Å²) in [5.41, 5.74) is 1.02.